The minimum atomic E-state index is -1.79. The van der Waals surface area contributed by atoms with Crippen molar-refractivity contribution in [2.75, 3.05) is 19.7 Å². The molecule has 7 rings (SSSR count). The molecule has 20 N–H and O–H groups in total. The summed E-state index contributed by atoms with van der Waals surface area (Å²) in [5, 5.41) is 46.1. The summed E-state index contributed by atoms with van der Waals surface area (Å²) in [6.07, 6.45) is 5.93. The second-order valence-corrected chi connectivity index (χ2v) is 21.8. The van der Waals surface area contributed by atoms with Crippen molar-refractivity contribution in [3.63, 3.8) is 0 Å². The molecule has 468 valence electrons. The molecule has 88 heavy (non-hydrogen) atoms. The van der Waals surface area contributed by atoms with Crippen LogP contribution in [0.3, 0.4) is 0 Å². The van der Waals surface area contributed by atoms with Crippen molar-refractivity contribution in [3.8, 4) is 5.75 Å². The number of phenols is 1. The number of primary amides is 1. The molecule has 4 heterocycles. The molecule has 29 nitrogen and oxygen atoms in total. The Morgan fingerprint density at radius 1 is 0.625 bits per heavy atom. The summed E-state index contributed by atoms with van der Waals surface area (Å²) >= 11 is 0. The molecule has 1 aliphatic rings. The Labute approximate surface area is 504 Å². The number of aliphatic hydroxyl groups excluding tert-OH is 1. The third-order valence-electron chi connectivity index (χ3n) is 14.6. The summed E-state index contributed by atoms with van der Waals surface area (Å²) < 4.78 is 0. The zero-order valence-electron chi connectivity index (χ0n) is 48.5. The van der Waals surface area contributed by atoms with Gasteiger partial charge in [0.1, 0.15) is 54.1 Å². The molecule has 0 saturated carbocycles. The van der Waals surface area contributed by atoms with E-state index in [1.54, 1.807) is 74.8 Å². The number of guanidine groups is 1. The van der Waals surface area contributed by atoms with Crippen LogP contribution in [0.5, 0.6) is 5.75 Å². The lowest BCUT2D eigenvalue weighted by atomic mass is 9.99. The van der Waals surface area contributed by atoms with Crippen LogP contribution in [0.15, 0.2) is 103 Å². The fraction of sp³-hybridized carbons (Fsp3) is 0.390. The van der Waals surface area contributed by atoms with E-state index in [0.717, 1.165) is 0 Å². The second kappa shape index (κ2) is 31.2. The van der Waals surface area contributed by atoms with Gasteiger partial charge in [0.2, 0.25) is 59.1 Å². The Bertz CT molecular complexity index is 3470. The number of aliphatic imine (C=N–C) groups is 1. The van der Waals surface area contributed by atoms with Gasteiger partial charge in [-0.2, -0.15) is 0 Å². The first-order chi connectivity index (χ1) is 42.1. The fourth-order valence-electron chi connectivity index (χ4n) is 10.0. The number of aromatic hydroxyl groups is 1. The molecule has 3 aromatic heterocycles. The summed E-state index contributed by atoms with van der Waals surface area (Å²) in [6, 6.07) is 8.93. The number of imidazole rings is 1. The summed E-state index contributed by atoms with van der Waals surface area (Å²) in [7, 11) is 0. The number of nitrogens with one attached hydrogen (secondary N) is 12. The summed E-state index contributed by atoms with van der Waals surface area (Å²) in [5.41, 5.74) is 19.6. The quantitative estimate of drug-likeness (QED) is 0.0120. The highest BCUT2D eigenvalue weighted by atomic mass is 16.3. The van der Waals surface area contributed by atoms with Crippen molar-refractivity contribution in [1.82, 2.24) is 67.8 Å². The lowest BCUT2D eigenvalue weighted by Gasteiger charge is -2.28. The van der Waals surface area contributed by atoms with Crippen LogP contribution in [0.4, 0.5) is 0 Å². The van der Waals surface area contributed by atoms with Crippen LogP contribution in [-0.2, 0) is 73.6 Å². The van der Waals surface area contributed by atoms with E-state index in [0.29, 0.717) is 44.2 Å². The fourth-order valence-corrected chi connectivity index (χ4v) is 10.0. The van der Waals surface area contributed by atoms with Gasteiger partial charge in [-0.3, -0.25) is 52.9 Å². The number of fused-ring (bicyclic) bond motifs is 2. The molecule has 0 aliphatic carbocycles. The van der Waals surface area contributed by atoms with E-state index in [9.17, 15) is 58.2 Å². The number of rotatable bonds is 32. The number of carbonyl (C=O) groups is 10. The minimum Gasteiger partial charge on any atom is -0.508 e. The monoisotopic (exact) mass is 1210 g/mol. The average molecular weight is 1210 g/mol. The maximum atomic E-state index is 15.0. The van der Waals surface area contributed by atoms with E-state index in [1.807, 2.05) is 0 Å². The van der Waals surface area contributed by atoms with E-state index in [-0.39, 0.29) is 87.9 Å². The Balaban J connectivity index is 1.15. The third-order valence-corrected chi connectivity index (χ3v) is 14.6. The largest absolute Gasteiger partial charge is 0.508 e. The Morgan fingerprint density at radius 3 is 1.65 bits per heavy atom. The van der Waals surface area contributed by atoms with Gasteiger partial charge in [-0.05, 0) is 72.6 Å². The summed E-state index contributed by atoms with van der Waals surface area (Å²) in [5.74, 6) is -8.51. The number of hydrogen-bond donors (Lipinski definition) is 17. The molecule has 0 spiro atoms. The molecule has 10 amide bonds. The number of benzene rings is 3. The summed E-state index contributed by atoms with van der Waals surface area (Å²) in [4.78, 5) is 155. The Kier molecular flexibility index (Phi) is 23.1. The van der Waals surface area contributed by atoms with Crippen molar-refractivity contribution in [2.45, 2.75) is 120 Å². The maximum Gasteiger partial charge on any atom is 0.245 e. The summed E-state index contributed by atoms with van der Waals surface area (Å²) in [6.45, 7) is 2.13. The van der Waals surface area contributed by atoms with Crippen LogP contribution in [0.25, 0.3) is 21.8 Å². The van der Waals surface area contributed by atoms with Gasteiger partial charge >= 0.3 is 0 Å². The number of nitrogens with two attached hydrogens (primary N) is 3. The first kappa shape index (κ1) is 65.2. The van der Waals surface area contributed by atoms with Crippen molar-refractivity contribution in [3.05, 3.63) is 120 Å². The lowest BCUT2D eigenvalue weighted by molar-refractivity contribution is -0.136. The van der Waals surface area contributed by atoms with E-state index in [2.05, 4.69) is 72.8 Å². The van der Waals surface area contributed by atoms with Gasteiger partial charge in [0.05, 0.1) is 19.5 Å². The zero-order chi connectivity index (χ0) is 63.4. The molecule has 6 aromatic rings. The molecule has 29 heteroatoms. The molecule has 1 fully saturated rings. The topological polar surface area (TPSA) is 470 Å². The first-order valence-corrected chi connectivity index (χ1v) is 28.6. The zero-order valence-corrected chi connectivity index (χ0v) is 48.5. The normalized spacial score (nSPS) is 15.3. The maximum absolute atomic E-state index is 15.0. The average Bonchev–Trinajstić information content (AvgIpc) is 2.32. The number of aliphatic hydroxyl groups is 1. The van der Waals surface area contributed by atoms with Crippen molar-refractivity contribution in [2.24, 2.45) is 28.1 Å². The van der Waals surface area contributed by atoms with E-state index < -0.39 is 115 Å². The third kappa shape index (κ3) is 18.8. The SMILES string of the molecule is CC(C)C[C@H](NC(=O)[C@@H](Cc1c[nH]c2ccccc12)NC(=O)[C@H](Cc1ccc(O)cc1)NC(=O)[C@H](CO)NC(=O)[C@H](Cc1c[nH]c2ccccc12)NC(=O)[C@H](Cc1cnc[nH]1)NC(=O)[C@@H]1CCC(=O)N1)C(=O)N[C@@H](CCCN=C(N)N)C(=O)NCC(N)=O. The highest BCUT2D eigenvalue weighted by Gasteiger charge is 2.37. The number of nitrogens with zero attached hydrogens (tertiary/aromatic N) is 2. The Hall–Kier alpha value is -10.3. The number of aromatic nitrogens is 4. The van der Waals surface area contributed by atoms with Crippen LogP contribution in [0.2, 0.25) is 0 Å². The van der Waals surface area contributed by atoms with Crippen LogP contribution < -0.4 is 65.1 Å². The van der Waals surface area contributed by atoms with E-state index in [1.165, 1.54) is 36.8 Å². The molecule has 1 saturated heterocycles. The Morgan fingerprint density at radius 2 is 1.14 bits per heavy atom. The minimum absolute atomic E-state index is 0.00448. The van der Waals surface area contributed by atoms with Crippen LogP contribution in [0, 0.1) is 5.92 Å². The van der Waals surface area contributed by atoms with Crippen LogP contribution >= 0.6 is 0 Å². The highest BCUT2D eigenvalue weighted by Crippen LogP contribution is 2.22. The van der Waals surface area contributed by atoms with Crippen molar-refractivity contribution in [1.29, 1.82) is 0 Å². The number of aromatic amines is 3. The van der Waals surface area contributed by atoms with Gasteiger partial charge < -0.3 is 90.2 Å². The molecule has 8 atom stereocenters. The van der Waals surface area contributed by atoms with Gasteiger partial charge in [0.15, 0.2) is 5.96 Å². The molecule has 0 bridgehead atoms. The highest BCUT2D eigenvalue weighted by molar-refractivity contribution is 5.99. The van der Waals surface area contributed by atoms with Gasteiger partial charge in [-0.1, -0.05) is 62.4 Å². The van der Waals surface area contributed by atoms with Crippen molar-refractivity contribution >= 4 is 86.8 Å². The van der Waals surface area contributed by atoms with Gasteiger partial charge in [0.25, 0.3) is 0 Å². The first-order valence-electron chi connectivity index (χ1n) is 28.6. The molecule has 1 aliphatic heterocycles. The van der Waals surface area contributed by atoms with Gasteiger partial charge in [-0.15, -0.1) is 0 Å². The number of para-hydroxylation sites is 2. The smallest absolute Gasteiger partial charge is 0.245 e. The number of phenolic OH excluding ortho intramolecular Hbond substituents is 1. The van der Waals surface area contributed by atoms with Crippen molar-refractivity contribution < 1.29 is 58.2 Å². The standard InChI is InChI=1S/C59H75N17O12/c1-31(2)20-43(53(83)70-41(12-7-19-64-59(61)62)51(81)67-28-49(60)79)71-55(85)45(22-33-25-65-39-10-5-3-8-37(33)39)73-54(84)44(21-32-13-15-36(78)16-14-32)72-58(88)48(29-77)76-56(86)46(23-34-26-66-40-11-6-4-9-38(34)40)74-57(87)47(24-35-27-63-30-68-35)75-52(82)42-17-18-50(80)69-42/h3-6,8-11,13-16,25-27,30-31,41-48,65-66,77-78H,7,12,17-24,28-29H2,1-2H3,(H2,60,79)(H,63,68)(H,67,81)(H,69,80)(H,70,83)(H,71,85)(H,72,88)(H,73,84)(H,74,87)(H,75,82)(H,76,86)(H4,61,62,64)/t41-,42-,43-,44-,45+,46-,47-,48-/m0/s1. The predicted molar refractivity (Wildman–Crippen MR) is 321 cm³/mol. The van der Waals surface area contributed by atoms with E-state index in [4.69, 9.17) is 17.2 Å². The lowest BCUT2D eigenvalue weighted by Crippen LogP contribution is -2.61. The molecular weight excluding hydrogens is 1140 g/mol. The number of hydrogen-bond acceptors (Lipinski definition) is 14. The van der Waals surface area contributed by atoms with Gasteiger partial charge in [0, 0.05) is 84.7 Å². The number of carbonyl (C=O) groups excluding carboxylic acids is 10. The molecular formula is C59H75N17O12. The van der Waals surface area contributed by atoms with Crippen LogP contribution in [0.1, 0.15) is 68.3 Å². The molecule has 0 unspecified atom stereocenters. The molecule has 0 radical (unpaired) electrons. The number of H-pyrrole nitrogens is 3. The van der Waals surface area contributed by atoms with Crippen LogP contribution in [-0.4, -0.2) is 163 Å². The second-order valence-electron chi connectivity index (χ2n) is 21.8. The van der Waals surface area contributed by atoms with E-state index >= 15 is 0 Å². The number of amides is 10. The predicted octanol–water partition coefficient (Wildman–Crippen LogP) is -2.29. The molecule has 3 aromatic carbocycles. The van der Waals surface area contributed by atoms with Gasteiger partial charge in [-0.25, -0.2) is 4.98 Å².